The Hall–Kier alpha value is -2.88. The van der Waals surface area contributed by atoms with Crippen molar-refractivity contribution < 1.29 is 13.9 Å². The molecule has 0 aliphatic rings. The van der Waals surface area contributed by atoms with Crippen LogP contribution in [0.2, 0.25) is 0 Å². The maximum Gasteiger partial charge on any atom is 0.224 e. The molecule has 0 saturated carbocycles. The molecule has 0 unspecified atom stereocenters. The van der Waals surface area contributed by atoms with Crippen molar-refractivity contribution in [1.29, 1.82) is 0 Å². The molecule has 1 heterocycles. The number of nitrogens with one attached hydrogen (secondary N) is 1. The van der Waals surface area contributed by atoms with Crippen molar-refractivity contribution >= 4 is 35.6 Å². The lowest BCUT2D eigenvalue weighted by atomic mass is 10.2. The summed E-state index contributed by atoms with van der Waals surface area (Å²) < 4.78 is 24.1. The van der Waals surface area contributed by atoms with Crippen LogP contribution in [0.5, 0.6) is 17.4 Å². The Balaban J connectivity index is 0.00000280. The maximum atomic E-state index is 13.3. The van der Waals surface area contributed by atoms with Gasteiger partial charge in [0.25, 0.3) is 0 Å². The molecule has 146 valence electrons. The molecule has 0 saturated heterocycles. The van der Waals surface area contributed by atoms with Crippen molar-refractivity contribution in [3.8, 4) is 17.4 Å². The lowest BCUT2D eigenvalue weighted by molar-refractivity contribution is 0.415. The molecule has 8 heteroatoms. The van der Waals surface area contributed by atoms with Crippen LogP contribution in [-0.2, 0) is 6.54 Å². The third kappa shape index (κ3) is 6.08. The molecule has 0 radical (unpaired) electrons. The average Bonchev–Trinajstić information content (AvgIpc) is 2.68. The van der Waals surface area contributed by atoms with Crippen molar-refractivity contribution in [1.82, 2.24) is 4.98 Å². The fraction of sp³-hybridized carbons (Fsp3) is 0.100. The summed E-state index contributed by atoms with van der Waals surface area (Å²) in [6.07, 6.45) is 1.60. The Morgan fingerprint density at radius 1 is 1.11 bits per heavy atom. The minimum absolute atomic E-state index is 0. The highest BCUT2D eigenvalue weighted by Gasteiger charge is 2.07. The number of halogens is 2. The number of hydrogen-bond acceptors (Lipinski definition) is 4. The SMILES string of the molecule is COc1ccc(NC(N)=NCc2cccnc2Oc2cccc(F)c2)cc1.I. The van der Waals surface area contributed by atoms with Gasteiger partial charge in [-0.2, -0.15) is 0 Å². The molecular formula is C20H20FIN4O2. The number of pyridine rings is 1. The second kappa shape index (κ2) is 10.5. The van der Waals surface area contributed by atoms with Crippen molar-refractivity contribution in [2.45, 2.75) is 6.54 Å². The van der Waals surface area contributed by atoms with Crippen molar-refractivity contribution in [2.24, 2.45) is 10.7 Å². The predicted octanol–water partition coefficient (Wildman–Crippen LogP) is 4.57. The van der Waals surface area contributed by atoms with Gasteiger partial charge in [0.1, 0.15) is 17.3 Å². The summed E-state index contributed by atoms with van der Waals surface area (Å²) in [5, 5.41) is 3.00. The second-order valence-corrected chi connectivity index (χ2v) is 5.58. The van der Waals surface area contributed by atoms with Crippen LogP contribution in [0.3, 0.4) is 0 Å². The molecule has 0 amide bonds. The van der Waals surface area contributed by atoms with Gasteiger partial charge in [-0.3, -0.25) is 0 Å². The zero-order chi connectivity index (χ0) is 19.1. The molecule has 0 atom stereocenters. The van der Waals surface area contributed by atoms with Gasteiger partial charge in [-0.15, -0.1) is 24.0 Å². The number of rotatable bonds is 6. The van der Waals surface area contributed by atoms with Gasteiger partial charge in [-0.05, 0) is 42.5 Å². The van der Waals surface area contributed by atoms with Crippen LogP contribution in [0.25, 0.3) is 0 Å². The highest BCUT2D eigenvalue weighted by atomic mass is 127. The first-order valence-electron chi connectivity index (χ1n) is 8.22. The molecule has 1 aromatic heterocycles. The highest BCUT2D eigenvalue weighted by molar-refractivity contribution is 14.0. The molecule has 6 nitrogen and oxygen atoms in total. The van der Waals surface area contributed by atoms with E-state index in [0.29, 0.717) is 11.6 Å². The number of hydrogen-bond donors (Lipinski definition) is 2. The van der Waals surface area contributed by atoms with Crippen LogP contribution in [0, 0.1) is 5.82 Å². The third-order valence-electron chi connectivity index (χ3n) is 3.64. The minimum Gasteiger partial charge on any atom is -0.497 e. The number of anilines is 1. The van der Waals surface area contributed by atoms with Gasteiger partial charge in [0, 0.05) is 23.5 Å². The van der Waals surface area contributed by atoms with Crippen LogP contribution in [0.4, 0.5) is 10.1 Å². The van der Waals surface area contributed by atoms with E-state index in [9.17, 15) is 4.39 Å². The van der Waals surface area contributed by atoms with E-state index in [-0.39, 0.29) is 42.3 Å². The van der Waals surface area contributed by atoms with Gasteiger partial charge in [-0.25, -0.2) is 14.4 Å². The van der Waals surface area contributed by atoms with Gasteiger partial charge in [0.05, 0.1) is 13.7 Å². The molecule has 3 N–H and O–H groups in total. The van der Waals surface area contributed by atoms with Crippen molar-refractivity contribution in [3.63, 3.8) is 0 Å². The Morgan fingerprint density at radius 2 is 1.89 bits per heavy atom. The van der Waals surface area contributed by atoms with E-state index < -0.39 is 0 Å². The average molecular weight is 494 g/mol. The Labute approximate surface area is 179 Å². The topological polar surface area (TPSA) is 81.8 Å². The number of guanidine groups is 1. The van der Waals surface area contributed by atoms with Crippen LogP contribution in [-0.4, -0.2) is 18.1 Å². The van der Waals surface area contributed by atoms with Gasteiger partial charge in [-0.1, -0.05) is 12.1 Å². The lowest BCUT2D eigenvalue weighted by Gasteiger charge is -2.09. The molecular weight excluding hydrogens is 474 g/mol. The fourth-order valence-electron chi connectivity index (χ4n) is 2.31. The summed E-state index contributed by atoms with van der Waals surface area (Å²) in [5.74, 6) is 1.34. The zero-order valence-electron chi connectivity index (χ0n) is 15.1. The van der Waals surface area contributed by atoms with Crippen molar-refractivity contribution in [2.75, 3.05) is 12.4 Å². The van der Waals surface area contributed by atoms with Crippen LogP contribution < -0.4 is 20.5 Å². The number of nitrogens with two attached hydrogens (primary N) is 1. The van der Waals surface area contributed by atoms with Gasteiger partial charge in [0.2, 0.25) is 5.88 Å². The summed E-state index contributed by atoms with van der Waals surface area (Å²) in [6, 6.07) is 16.8. The van der Waals surface area contributed by atoms with Gasteiger partial charge in [0.15, 0.2) is 5.96 Å². The molecule has 0 aliphatic heterocycles. The molecule has 28 heavy (non-hydrogen) atoms. The van der Waals surface area contributed by atoms with Crippen LogP contribution in [0.1, 0.15) is 5.56 Å². The Morgan fingerprint density at radius 3 is 2.61 bits per heavy atom. The Bertz CT molecular complexity index is 935. The summed E-state index contributed by atoms with van der Waals surface area (Å²) in [4.78, 5) is 8.51. The molecule has 0 bridgehead atoms. The number of aliphatic imine (C=N–C) groups is 1. The summed E-state index contributed by atoms with van der Waals surface area (Å²) in [5.41, 5.74) is 7.46. The van der Waals surface area contributed by atoms with Crippen LogP contribution >= 0.6 is 24.0 Å². The molecule has 3 aromatic rings. The van der Waals surface area contributed by atoms with E-state index in [1.165, 1.54) is 12.1 Å². The Kier molecular flexibility index (Phi) is 8.00. The number of nitrogens with zero attached hydrogens (tertiary/aromatic N) is 2. The monoisotopic (exact) mass is 494 g/mol. The second-order valence-electron chi connectivity index (χ2n) is 5.58. The first-order valence-corrected chi connectivity index (χ1v) is 8.22. The first kappa shape index (κ1) is 21.4. The maximum absolute atomic E-state index is 13.3. The standard InChI is InChI=1S/C20H19FN4O2.HI/c1-26-17-9-7-16(8-10-17)25-20(22)24-13-14-4-3-11-23-19(14)27-18-6-2-5-15(21)12-18;/h2-12H,13H2,1H3,(H3,22,24,25);1H. The van der Waals surface area contributed by atoms with E-state index in [0.717, 1.165) is 17.0 Å². The number of methoxy groups -OCH3 is 1. The molecule has 0 fully saturated rings. The minimum atomic E-state index is -0.379. The zero-order valence-corrected chi connectivity index (χ0v) is 17.5. The largest absolute Gasteiger partial charge is 0.497 e. The van der Waals surface area contributed by atoms with Gasteiger partial charge < -0.3 is 20.5 Å². The molecule has 2 aromatic carbocycles. The van der Waals surface area contributed by atoms with E-state index in [4.69, 9.17) is 15.2 Å². The smallest absolute Gasteiger partial charge is 0.224 e. The summed E-state index contributed by atoms with van der Waals surface area (Å²) >= 11 is 0. The number of ether oxygens (including phenoxy) is 2. The quantitative estimate of drug-likeness (QED) is 0.298. The number of aromatic nitrogens is 1. The number of benzene rings is 2. The van der Waals surface area contributed by atoms with Crippen molar-refractivity contribution in [3.05, 3.63) is 78.2 Å². The van der Waals surface area contributed by atoms with E-state index in [2.05, 4.69) is 15.3 Å². The van der Waals surface area contributed by atoms with Gasteiger partial charge >= 0.3 is 0 Å². The summed E-state index contributed by atoms with van der Waals surface area (Å²) in [6.45, 7) is 0.257. The van der Waals surface area contributed by atoms with Crippen LogP contribution in [0.15, 0.2) is 71.9 Å². The van der Waals surface area contributed by atoms with E-state index >= 15 is 0 Å². The van der Waals surface area contributed by atoms with E-state index in [1.807, 2.05) is 30.3 Å². The summed E-state index contributed by atoms with van der Waals surface area (Å²) in [7, 11) is 1.61. The fourth-order valence-corrected chi connectivity index (χ4v) is 2.31. The molecule has 0 aliphatic carbocycles. The van der Waals surface area contributed by atoms with E-state index in [1.54, 1.807) is 31.5 Å². The first-order chi connectivity index (χ1) is 13.1. The lowest BCUT2D eigenvalue weighted by Crippen LogP contribution is -2.22. The highest BCUT2D eigenvalue weighted by Crippen LogP contribution is 2.24. The molecule has 3 rings (SSSR count). The molecule has 0 spiro atoms. The predicted molar refractivity (Wildman–Crippen MR) is 118 cm³/mol. The normalized spacial score (nSPS) is 10.7. The third-order valence-corrected chi connectivity index (χ3v) is 3.64.